The molecule has 41 heavy (non-hydrogen) atoms. The molecular formula is C30H29ClF2N4O4. The maximum absolute atomic E-state index is 14.5. The lowest BCUT2D eigenvalue weighted by Gasteiger charge is -2.44. The lowest BCUT2D eigenvalue weighted by molar-refractivity contribution is -0.134. The number of nitrogens with one attached hydrogen (secondary N) is 1. The molecule has 2 fully saturated rings. The van der Waals surface area contributed by atoms with E-state index in [0.29, 0.717) is 37.5 Å². The van der Waals surface area contributed by atoms with E-state index in [9.17, 15) is 23.2 Å². The van der Waals surface area contributed by atoms with Gasteiger partial charge in [-0.3, -0.25) is 14.5 Å². The fraction of sp³-hybridized carbons (Fsp3) is 0.333. The minimum Gasteiger partial charge on any atom is -0.410 e. The molecule has 2 amide bonds. The smallest absolute Gasteiger partial charge is 0.410 e. The molecule has 1 N–H and O–H groups in total. The van der Waals surface area contributed by atoms with Crippen LogP contribution in [0.4, 0.5) is 13.6 Å². The number of piperidine rings is 1. The van der Waals surface area contributed by atoms with Gasteiger partial charge in [0.1, 0.15) is 28.6 Å². The van der Waals surface area contributed by atoms with Gasteiger partial charge >= 0.3 is 6.09 Å². The lowest BCUT2D eigenvalue weighted by Crippen LogP contribution is -2.62. The fourth-order valence-electron chi connectivity index (χ4n) is 5.76. The first kappa shape index (κ1) is 28.6. The molecule has 3 heterocycles. The SMILES string of the molecule is CN(C(=O)Oc1ccc(F)cc1)[C@]1(C(=O)C2CCN(C(=O)c3ccc(F)cn3)CC2)CNC[C@H]1c1ccc(Cl)cc1. The van der Waals surface area contributed by atoms with Crippen molar-refractivity contribution in [1.29, 1.82) is 0 Å². The molecule has 2 aliphatic rings. The molecule has 3 aromatic rings. The zero-order valence-electron chi connectivity index (χ0n) is 22.4. The topological polar surface area (TPSA) is 91.8 Å². The van der Waals surface area contributed by atoms with Crippen LogP contribution >= 0.6 is 11.6 Å². The molecule has 8 nitrogen and oxygen atoms in total. The van der Waals surface area contributed by atoms with Crippen LogP contribution in [-0.2, 0) is 4.79 Å². The Kier molecular flexibility index (Phi) is 8.32. The largest absolute Gasteiger partial charge is 0.415 e. The average Bonchev–Trinajstić information content (AvgIpc) is 3.44. The molecule has 2 aliphatic heterocycles. The van der Waals surface area contributed by atoms with E-state index < -0.39 is 35.1 Å². The summed E-state index contributed by atoms with van der Waals surface area (Å²) in [6.07, 6.45) is 1.03. The third-order valence-corrected chi connectivity index (χ3v) is 8.26. The van der Waals surface area contributed by atoms with E-state index in [1.165, 1.54) is 41.3 Å². The molecular weight excluding hydrogens is 554 g/mol. The van der Waals surface area contributed by atoms with Gasteiger partial charge in [-0.05, 0) is 66.9 Å². The summed E-state index contributed by atoms with van der Waals surface area (Å²) in [5.74, 6) is -2.13. The summed E-state index contributed by atoms with van der Waals surface area (Å²) in [5.41, 5.74) is -0.316. The minimum atomic E-state index is -1.29. The molecule has 2 saturated heterocycles. The predicted octanol–water partition coefficient (Wildman–Crippen LogP) is 4.69. The number of halogens is 3. The van der Waals surface area contributed by atoms with E-state index in [2.05, 4.69) is 10.3 Å². The van der Waals surface area contributed by atoms with Gasteiger partial charge < -0.3 is 15.0 Å². The van der Waals surface area contributed by atoms with Crippen LogP contribution in [0.5, 0.6) is 5.75 Å². The molecule has 214 valence electrons. The molecule has 0 radical (unpaired) electrons. The summed E-state index contributed by atoms with van der Waals surface area (Å²) < 4.78 is 32.2. The number of carbonyl (C=O) groups excluding carboxylic acids is 3. The van der Waals surface area contributed by atoms with Crippen LogP contribution in [0, 0.1) is 17.6 Å². The van der Waals surface area contributed by atoms with Gasteiger partial charge in [-0.15, -0.1) is 0 Å². The number of carbonyl (C=O) groups is 3. The first-order chi connectivity index (χ1) is 19.7. The van der Waals surface area contributed by atoms with Crippen LogP contribution in [0.2, 0.25) is 5.02 Å². The summed E-state index contributed by atoms with van der Waals surface area (Å²) in [7, 11) is 1.54. The van der Waals surface area contributed by atoms with Crippen LogP contribution in [-0.4, -0.2) is 71.3 Å². The Morgan fingerprint density at radius 3 is 2.29 bits per heavy atom. The summed E-state index contributed by atoms with van der Waals surface area (Å²) in [6, 6.07) is 14.8. The number of nitrogens with zero attached hydrogens (tertiary/aromatic N) is 3. The van der Waals surface area contributed by atoms with Crippen molar-refractivity contribution in [3.05, 3.63) is 94.8 Å². The van der Waals surface area contributed by atoms with Gasteiger partial charge in [0.25, 0.3) is 5.91 Å². The first-order valence-corrected chi connectivity index (χ1v) is 13.7. The predicted molar refractivity (Wildman–Crippen MR) is 148 cm³/mol. The van der Waals surface area contributed by atoms with Crippen molar-refractivity contribution in [2.45, 2.75) is 24.3 Å². The highest BCUT2D eigenvalue weighted by Crippen LogP contribution is 2.41. The Hall–Kier alpha value is -3.89. The number of hydrogen-bond acceptors (Lipinski definition) is 6. The van der Waals surface area contributed by atoms with Crippen LogP contribution in [0.15, 0.2) is 66.9 Å². The number of likely N-dealkylation sites (tertiary alicyclic amines) is 1. The van der Waals surface area contributed by atoms with Crippen molar-refractivity contribution < 1.29 is 27.9 Å². The van der Waals surface area contributed by atoms with Gasteiger partial charge in [-0.25, -0.2) is 18.6 Å². The number of Topliss-reactive ketones (excluding diaryl/α,β-unsaturated/α-hetero) is 1. The van der Waals surface area contributed by atoms with E-state index in [4.69, 9.17) is 16.3 Å². The van der Waals surface area contributed by atoms with E-state index in [0.717, 1.165) is 11.8 Å². The maximum Gasteiger partial charge on any atom is 0.415 e. The van der Waals surface area contributed by atoms with Crippen molar-refractivity contribution >= 4 is 29.4 Å². The van der Waals surface area contributed by atoms with Crippen molar-refractivity contribution in [2.75, 3.05) is 33.2 Å². The number of rotatable bonds is 6. The van der Waals surface area contributed by atoms with E-state index in [1.54, 1.807) is 24.1 Å². The Balaban J connectivity index is 1.40. The van der Waals surface area contributed by atoms with E-state index in [1.807, 2.05) is 12.1 Å². The van der Waals surface area contributed by atoms with Gasteiger partial charge in [-0.1, -0.05) is 23.7 Å². The van der Waals surface area contributed by atoms with E-state index in [-0.39, 0.29) is 29.7 Å². The fourth-order valence-corrected chi connectivity index (χ4v) is 5.89. The zero-order chi connectivity index (χ0) is 29.1. The standard InChI is InChI=1S/C30H29ClF2N4O4/c1-36(29(40)41-24-9-6-22(32)7-10-24)30(18-34-17-25(30)19-2-4-21(31)5-3-19)27(38)20-12-14-37(15-13-20)28(39)26-11-8-23(33)16-35-26/h2-11,16,20,25,34H,12-15,17-18H2,1H3/t25-,30+/m0/s1. The molecule has 5 rings (SSSR count). The minimum absolute atomic E-state index is 0.131. The van der Waals surface area contributed by atoms with Gasteiger partial charge in [0.2, 0.25) is 0 Å². The van der Waals surface area contributed by atoms with Crippen molar-refractivity contribution in [3.63, 3.8) is 0 Å². The number of ether oxygens (including phenoxy) is 1. The molecule has 11 heteroatoms. The van der Waals surface area contributed by atoms with Crippen molar-refractivity contribution in [2.24, 2.45) is 5.92 Å². The number of pyridine rings is 1. The molecule has 2 atom stereocenters. The third kappa shape index (κ3) is 5.80. The summed E-state index contributed by atoms with van der Waals surface area (Å²) in [4.78, 5) is 47.7. The van der Waals surface area contributed by atoms with Crippen LogP contribution in [0.3, 0.4) is 0 Å². The Bertz CT molecular complexity index is 1410. The van der Waals surface area contributed by atoms with Gasteiger partial charge in [-0.2, -0.15) is 0 Å². The van der Waals surface area contributed by atoms with Gasteiger partial charge in [0.05, 0.1) is 6.20 Å². The quantitative estimate of drug-likeness (QED) is 0.453. The summed E-state index contributed by atoms with van der Waals surface area (Å²) in [5, 5.41) is 3.85. The summed E-state index contributed by atoms with van der Waals surface area (Å²) in [6.45, 7) is 1.27. The van der Waals surface area contributed by atoms with Crippen LogP contribution in [0.25, 0.3) is 0 Å². The highest BCUT2D eigenvalue weighted by atomic mass is 35.5. The molecule has 1 aromatic heterocycles. The molecule has 2 aromatic carbocycles. The number of amides is 2. The van der Waals surface area contributed by atoms with E-state index >= 15 is 0 Å². The number of benzene rings is 2. The second kappa shape index (κ2) is 11.9. The Labute approximate surface area is 241 Å². The van der Waals surface area contributed by atoms with Crippen LogP contribution in [0.1, 0.15) is 34.8 Å². The second-order valence-electron chi connectivity index (χ2n) is 10.3. The molecule has 0 unspecified atom stereocenters. The highest BCUT2D eigenvalue weighted by Gasteiger charge is 2.56. The molecule has 0 spiro atoms. The normalized spacial score (nSPS) is 21.0. The average molecular weight is 583 g/mol. The first-order valence-electron chi connectivity index (χ1n) is 13.3. The highest BCUT2D eigenvalue weighted by molar-refractivity contribution is 6.30. The number of hydrogen-bond donors (Lipinski definition) is 1. The molecule has 0 saturated carbocycles. The Morgan fingerprint density at radius 1 is 1.00 bits per heavy atom. The maximum atomic E-state index is 14.5. The summed E-state index contributed by atoms with van der Waals surface area (Å²) >= 11 is 6.13. The number of likely N-dealkylation sites (N-methyl/N-ethyl adjacent to an activating group) is 1. The van der Waals surface area contributed by atoms with Crippen molar-refractivity contribution in [1.82, 2.24) is 20.1 Å². The van der Waals surface area contributed by atoms with Gasteiger partial charge in [0.15, 0.2) is 5.78 Å². The van der Waals surface area contributed by atoms with Crippen LogP contribution < -0.4 is 10.1 Å². The van der Waals surface area contributed by atoms with Crippen molar-refractivity contribution in [3.8, 4) is 5.75 Å². The third-order valence-electron chi connectivity index (χ3n) is 8.01. The zero-order valence-corrected chi connectivity index (χ0v) is 23.1. The molecule has 0 bridgehead atoms. The lowest BCUT2D eigenvalue weighted by atomic mass is 9.72. The Morgan fingerprint density at radius 2 is 1.66 bits per heavy atom. The monoisotopic (exact) mass is 582 g/mol. The number of aromatic nitrogens is 1. The second-order valence-corrected chi connectivity index (χ2v) is 10.8. The molecule has 0 aliphatic carbocycles. The van der Waals surface area contributed by atoms with Gasteiger partial charge in [0, 0.05) is 50.1 Å². The number of ketones is 1.